The van der Waals surface area contributed by atoms with Crippen LogP contribution in [0.15, 0.2) is 46.9 Å². The molecule has 3 heterocycles. The van der Waals surface area contributed by atoms with Crippen molar-refractivity contribution in [3.8, 4) is 0 Å². The normalized spacial score (nSPS) is 11.2. The molecule has 0 aliphatic carbocycles. The van der Waals surface area contributed by atoms with E-state index in [2.05, 4.69) is 26.6 Å². The predicted molar refractivity (Wildman–Crippen MR) is 101 cm³/mol. The Hall–Kier alpha value is -2.45. The molecule has 6 nitrogen and oxygen atoms in total. The number of pyridine rings is 1. The zero-order valence-electron chi connectivity index (χ0n) is 13.5. The molecule has 0 bridgehead atoms. The molecule has 0 radical (unpaired) electrons. The molecule has 0 spiro atoms. The lowest BCUT2D eigenvalue weighted by Crippen LogP contribution is -2.12. The summed E-state index contributed by atoms with van der Waals surface area (Å²) in [6.45, 7) is 1.91. The summed E-state index contributed by atoms with van der Waals surface area (Å²) in [4.78, 5) is 16.3. The Morgan fingerprint density at radius 1 is 1.24 bits per heavy atom. The number of nitrogens with one attached hydrogen (secondary N) is 1. The van der Waals surface area contributed by atoms with E-state index in [-0.39, 0.29) is 5.91 Å². The fraction of sp³-hybridized carbons (Fsp3) is 0.176. The summed E-state index contributed by atoms with van der Waals surface area (Å²) in [6.07, 6.45) is 0.392. The molecule has 1 amide bonds. The van der Waals surface area contributed by atoms with E-state index in [1.165, 1.54) is 23.1 Å². The lowest BCUT2D eigenvalue weighted by molar-refractivity contribution is -0.115. The number of amides is 1. The standard InChI is InChI=1S/C17H15N5OS2/c1-11-10-25-16(18-11)19-15(23)8-9-24-17-21-20-14-7-6-12-4-2-3-5-13(12)22(14)17/h2-7,10H,8-9H2,1H3,(H,18,19,23). The number of aromatic nitrogens is 4. The summed E-state index contributed by atoms with van der Waals surface area (Å²) < 4.78 is 2.03. The number of carbonyl (C=O) groups is 1. The Balaban J connectivity index is 1.46. The van der Waals surface area contributed by atoms with Crippen molar-refractivity contribution in [1.82, 2.24) is 19.6 Å². The van der Waals surface area contributed by atoms with Crippen molar-refractivity contribution in [2.75, 3.05) is 11.1 Å². The van der Waals surface area contributed by atoms with Crippen molar-refractivity contribution < 1.29 is 4.79 Å². The second-order valence-electron chi connectivity index (χ2n) is 5.51. The van der Waals surface area contributed by atoms with Crippen LogP contribution in [0.5, 0.6) is 0 Å². The van der Waals surface area contributed by atoms with Crippen molar-refractivity contribution >= 4 is 50.7 Å². The number of hydrogen-bond donors (Lipinski definition) is 1. The van der Waals surface area contributed by atoms with E-state index >= 15 is 0 Å². The summed E-state index contributed by atoms with van der Waals surface area (Å²) in [5, 5.41) is 15.8. The van der Waals surface area contributed by atoms with Crippen LogP contribution in [-0.2, 0) is 4.79 Å². The van der Waals surface area contributed by atoms with Gasteiger partial charge in [0.05, 0.1) is 11.2 Å². The van der Waals surface area contributed by atoms with Gasteiger partial charge in [-0.2, -0.15) is 0 Å². The average Bonchev–Trinajstić information content (AvgIpc) is 3.21. The van der Waals surface area contributed by atoms with Gasteiger partial charge in [0.2, 0.25) is 5.91 Å². The number of anilines is 1. The molecule has 1 N–H and O–H groups in total. The minimum absolute atomic E-state index is 0.0412. The summed E-state index contributed by atoms with van der Waals surface area (Å²) >= 11 is 2.96. The smallest absolute Gasteiger partial charge is 0.226 e. The molecule has 1 aromatic carbocycles. The fourth-order valence-electron chi connectivity index (χ4n) is 2.53. The van der Waals surface area contributed by atoms with Crippen LogP contribution in [0, 0.1) is 6.92 Å². The molecule has 0 saturated heterocycles. The number of fused-ring (bicyclic) bond motifs is 3. The van der Waals surface area contributed by atoms with Gasteiger partial charge >= 0.3 is 0 Å². The van der Waals surface area contributed by atoms with Crippen molar-refractivity contribution in [2.24, 2.45) is 0 Å². The third-order valence-corrected chi connectivity index (χ3v) is 5.48. The maximum atomic E-state index is 12.0. The van der Waals surface area contributed by atoms with Gasteiger partial charge in [0, 0.05) is 17.6 Å². The molecule has 126 valence electrons. The van der Waals surface area contributed by atoms with E-state index in [4.69, 9.17) is 0 Å². The Kier molecular flexibility index (Phi) is 4.37. The summed E-state index contributed by atoms with van der Waals surface area (Å²) in [5.41, 5.74) is 2.79. The number of para-hydroxylation sites is 1. The summed E-state index contributed by atoms with van der Waals surface area (Å²) in [7, 11) is 0. The van der Waals surface area contributed by atoms with E-state index in [1.807, 2.05) is 47.0 Å². The molecular formula is C17H15N5OS2. The van der Waals surface area contributed by atoms with Crippen molar-refractivity contribution in [3.05, 3.63) is 47.5 Å². The zero-order valence-corrected chi connectivity index (χ0v) is 15.1. The van der Waals surface area contributed by atoms with E-state index in [1.54, 1.807) is 0 Å². The molecule has 8 heteroatoms. The Bertz CT molecular complexity index is 1060. The lowest BCUT2D eigenvalue weighted by Gasteiger charge is -2.04. The van der Waals surface area contributed by atoms with Crippen LogP contribution in [-0.4, -0.2) is 31.2 Å². The monoisotopic (exact) mass is 369 g/mol. The number of thiazole rings is 1. The maximum absolute atomic E-state index is 12.0. The molecule has 0 aliphatic rings. The van der Waals surface area contributed by atoms with Gasteiger partial charge in [0.15, 0.2) is 15.9 Å². The van der Waals surface area contributed by atoms with Crippen LogP contribution in [0.3, 0.4) is 0 Å². The highest BCUT2D eigenvalue weighted by atomic mass is 32.2. The quantitative estimate of drug-likeness (QED) is 0.542. The van der Waals surface area contributed by atoms with Crippen molar-refractivity contribution in [1.29, 1.82) is 0 Å². The fourth-order valence-corrected chi connectivity index (χ4v) is 4.13. The second-order valence-corrected chi connectivity index (χ2v) is 7.43. The number of thioether (sulfide) groups is 1. The van der Waals surface area contributed by atoms with Crippen LogP contribution in [0.4, 0.5) is 5.13 Å². The molecule has 3 aromatic heterocycles. The molecule has 4 aromatic rings. The van der Waals surface area contributed by atoms with Crippen molar-refractivity contribution in [3.63, 3.8) is 0 Å². The molecule has 0 atom stereocenters. The van der Waals surface area contributed by atoms with Gasteiger partial charge in [-0.15, -0.1) is 21.5 Å². The minimum atomic E-state index is -0.0412. The van der Waals surface area contributed by atoms with Crippen LogP contribution >= 0.6 is 23.1 Å². The number of aryl methyl sites for hydroxylation is 1. The molecule has 0 saturated carbocycles. The van der Waals surface area contributed by atoms with Gasteiger partial charge in [0.25, 0.3) is 0 Å². The Morgan fingerprint density at radius 2 is 2.12 bits per heavy atom. The number of nitrogens with zero attached hydrogens (tertiary/aromatic N) is 4. The summed E-state index contributed by atoms with van der Waals surface area (Å²) in [5.74, 6) is 0.584. The molecule has 25 heavy (non-hydrogen) atoms. The van der Waals surface area contributed by atoms with Crippen LogP contribution in [0.1, 0.15) is 12.1 Å². The first-order valence-electron chi connectivity index (χ1n) is 7.78. The number of rotatable bonds is 5. The van der Waals surface area contributed by atoms with Gasteiger partial charge in [-0.05, 0) is 30.5 Å². The van der Waals surface area contributed by atoms with Crippen molar-refractivity contribution in [2.45, 2.75) is 18.5 Å². The van der Waals surface area contributed by atoms with E-state index in [0.717, 1.165) is 27.4 Å². The highest BCUT2D eigenvalue weighted by molar-refractivity contribution is 7.99. The minimum Gasteiger partial charge on any atom is -0.302 e. The Labute approximate surface area is 152 Å². The molecular weight excluding hydrogens is 354 g/mol. The first kappa shape index (κ1) is 16.0. The summed E-state index contributed by atoms with van der Waals surface area (Å²) in [6, 6.07) is 12.1. The second kappa shape index (κ2) is 6.81. The predicted octanol–water partition coefficient (Wildman–Crippen LogP) is 3.77. The van der Waals surface area contributed by atoms with Crippen LogP contribution < -0.4 is 5.32 Å². The highest BCUT2D eigenvalue weighted by Crippen LogP contribution is 2.23. The molecule has 4 rings (SSSR count). The first-order chi connectivity index (χ1) is 12.2. The van der Waals surface area contributed by atoms with Gasteiger partial charge < -0.3 is 5.32 Å². The van der Waals surface area contributed by atoms with Gasteiger partial charge in [-0.1, -0.05) is 30.0 Å². The topological polar surface area (TPSA) is 72.2 Å². The zero-order chi connectivity index (χ0) is 17.2. The number of carbonyl (C=O) groups excluding carboxylic acids is 1. The Morgan fingerprint density at radius 3 is 2.96 bits per heavy atom. The molecule has 0 unspecified atom stereocenters. The SMILES string of the molecule is Cc1csc(NC(=O)CCSc2nnc3ccc4ccccc4n23)n1. The number of benzene rings is 1. The van der Waals surface area contributed by atoms with Gasteiger partial charge in [-0.25, -0.2) is 4.98 Å². The molecule has 0 aliphatic heterocycles. The first-order valence-corrected chi connectivity index (χ1v) is 9.65. The van der Waals surface area contributed by atoms with E-state index in [9.17, 15) is 4.79 Å². The van der Waals surface area contributed by atoms with Gasteiger partial charge in [-0.3, -0.25) is 9.20 Å². The maximum Gasteiger partial charge on any atom is 0.226 e. The number of hydrogen-bond acceptors (Lipinski definition) is 6. The average molecular weight is 369 g/mol. The largest absolute Gasteiger partial charge is 0.302 e. The third kappa shape index (κ3) is 3.35. The van der Waals surface area contributed by atoms with Gasteiger partial charge in [0.1, 0.15) is 0 Å². The van der Waals surface area contributed by atoms with E-state index < -0.39 is 0 Å². The lowest BCUT2D eigenvalue weighted by atomic mass is 10.2. The third-order valence-electron chi connectivity index (χ3n) is 3.67. The highest BCUT2D eigenvalue weighted by Gasteiger charge is 2.11. The van der Waals surface area contributed by atoms with Crippen LogP contribution in [0.25, 0.3) is 16.6 Å². The molecule has 0 fully saturated rings. The van der Waals surface area contributed by atoms with Crippen LogP contribution in [0.2, 0.25) is 0 Å². The van der Waals surface area contributed by atoms with E-state index in [0.29, 0.717) is 17.3 Å².